The second kappa shape index (κ2) is 9.85. The molecule has 0 fully saturated rings. The Bertz CT molecular complexity index is 1450. The first-order valence-corrected chi connectivity index (χ1v) is 11.6. The van der Waals surface area contributed by atoms with Crippen molar-refractivity contribution in [3.63, 3.8) is 0 Å². The summed E-state index contributed by atoms with van der Waals surface area (Å²) in [6, 6.07) is 27.7. The first-order chi connectivity index (χ1) is 17.1. The molecule has 0 radical (unpaired) electrons. The molecule has 4 aromatic rings. The smallest absolute Gasteiger partial charge is 0.363 e. The van der Waals surface area contributed by atoms with Gasteiger partial charge < -0.3 is 14.2 Å². The van der Waals surface area contributed by atoms with E-state index in [9.17, 15) is 4.79 Å². The number of hydrogen-bond acceptors (Lipinski definition) is 5. The summed E-state index contributed by atoms with van der Waals surface area (Å²) in [6.45, 7) is 4.91. The van der Waals surface area contributed by atoms with Crippen molar-refractivity contribution >= 4 is 28.7 Å². The summed E-state index contributed by atoms with van der Waals surface area (Å²) in [5.74, 6) is 1.07. The van der Waals surface area contributed by atoms with Crippen LogP contribution in [0.2, 0.25) is 0 Å². The first kappa shape index (κ1) is 22.4. The second-order valence-corrected chi connectivity index (χ2v) is 8.31. The van der Waals surface area contributed by atoms with Crippen molar-refractivity contribution in [2.45, 2.75) is 20.5 Å². The number of aliphatic imine (C=N–C) groups is 1. The molecule has 0 aromatic heterocycles. The van der Waals surface area contributed by atoms with Crippen LogP contribution in [0, 0.1) is 6.92 Å². The van der Waals surface area contributed by atoms with Gasteiger partial charge in [-0.15, -0.1) is 0 Å². The van der Waals surface area contributed by atoms with Crippen LogP contribution < -0.4 is 9.47 Å². The maximum atomic E-state index is 12.5. The van der Waals surface area contributed by atoms with Crippen molar-refractivity contribution in [3.05, 3.63) is 113 Å². The zero-order chi connectivity index (χ0) is 24.2. The van der Waals surface area contributed by atoms with Gasteiger partial charge in [-0.2, -0.15) is 0 Å². The summed E-state index contributed by atoms with van der Waals surface area (Å²) in [5, 5.41) is 2.17. The minimum absolute atomic E-state index is 0.240. The van der Waals surface area contributed by atoms with Crippen molar-refractivity contribution in [2.75, 3.05) is 6.61 Å². The van der Waals surface area contributed by atoms with Crippen molar-refractivity contribution in [2.24, 2.45) is 4.99 Å². The molecule has 1 aliphatic heterocycles. The fourth-order valence-electron chi connectivity index (χ4n) is 3.86. The number of cyclic esters (lactones) is 1. The number of carbonyl (C=O) groups is 1. The molecule has 1 aliphatic rings. The van der Waals surface area contributed by atoms with Gasteiger partial charge in [0.05, 0.1) is 6.61 Å². The van der Waals surface area contributed by atoms with Gasteiger partial charge in [0, 0.05) is 5.56 Å². The summed E-state index contributed by atoms with van der Waals surface area (Å²) < 4.78 is 17.3. The molecule has 174 valence electrons. The van der Waals surface area contributed by atoms with Gasteiger partial charge in [-0.25, -0.2) is 9.79 Å². The van der Waals surface area contributed by atoms with E-state index in [1.54, 1.807) is 6.08 Å². The Morgan fingerprint density at radius 1 is 0.857 bits per heavy atom. The highest BCUT2D eigenvalue weighted by atomic mass is 16.6. The number of rotatable bonds is 7. The standard InChI is InChI=1S/C30H25NO4/c1-3-33-28-17-22(12-15-27(28)34-19-21-10-8-20(2)9-11-21)16-26-30(32)35-29(31-26)25-14-13-23-6-4-5-7-24(23)18-25/h4-18H,3,19H2,1-2H3/b26-16-. The molecule has 4 aromatic carbocycles. The number of nitrogens with zero attached hydrogens (tertiary/aromatic N) is 1. The van der Waals surface area contributed by atoms with Crippen LogP contribution in [-0.4, -0.2) is 18.5 Å². The number of benzene rings is 4. The molecule has 5 rings (SSSR count). The lowest BCUT2D eigenvalue weighted by Gasteiger charge is -2.13. The fourth-order valence-corrected chi connectivity index (χ4v) is 3.86. The number of fused-ring (bicyclic) bond motifs is 1. The predicted molar refractivity (Wildman–Crippen MR) is 138 cm³/mol. The zero-order valence-corrected chi connectivity index (χ0v) is 19.7. The van der Waals surface area contributed by atoms with Gasteiger partial charge in [-0.05, 0) is 66.1 Å². The molecule has 0 saturated heterocycles. The van der Waals surface area contributed by atoms with Crippen LogP contribution >= 0.6 is 0 Å². The normalized spacial score (nSPS) is 14.2. The van der Waals surface area contributed by atoms with E-state index in [-0.39, 0.29) is 5.70 Å². The maximum absolute atomic E-state index is 12.5. The van der Waals surface area contributed by atoms with Gasteiger partial charge in [0.15, 0.2) is 17.2 Å². The van der Waals surface area contributed by atoms with Crippen LogP contribution in [0.5, 0.6) is 11.5 Å². The predicted octanol–water partition coefficient (Wildman–Crippen LogP) is 6.47. The van der Waals surface area contributed by atoms with Crippen LogP contribution in [0.25, 0.3) is 16.8 Å². The molecule has 0 saturated carbocycles. The Kier molecular flexibility index (Phi) is 6.31. The highest BCUT2D eigenvalue weighted by molar-refractivity contribution is 6.13. The van der Waals surface area contributed by atoms with E-state index in [1.165, 1.54) is 5.56 Å². The van der Waals surface area contributed by atoms with Crippen LogP contribution in [0.4, 0.5) is 0 Å². The van der Waals surface area contributed by atoms with Crippen LogP contribution in [0.3, 0.4) is 0 Å². The molecule has 0 aliphatic carbocycles. The summed E-state index contributed by atoms with van der Waals surface area (Å²) in [5.41, 5.74) is 4.05. The van der Waals surface area contributed by atoms with Crippen molar-refractivity contribution < 1.29 is 19.0 Å². The molecule has 0 spiro atoms. The largest absolute Gasteiger partial charge is 0.490 e. The van der Waals surface area contributed by atoms with Crippen molar-refractivity contribution in [1.29, 1.82) is 0 Å². The fraction of sp³-hybridized carbons (Fsp3) is 0.133. The van der Waals surface area contributed by atoms with E-state index < -0.39 is 5.97 Å². The van der Waals surface area contributed by atoms with Crippen molar-refractivity contribution in [3.8, 4) is 11.5 Å². The summed E-state index contributed by atoms with van der Waals surface area (Å²) in [4.78, 5) is 17.0. The van der Waals surface area contributed by atoms with E-state index in [1.807, 2.05) is 79.7 Å². The topological polar surface area (TPSA) is 57.1 Å². The van der Waals surface area contributed by atoms with Gasteiger partial charge in [0.2, 0.25) is 5.90 Å². The quantitative estimate of drug-likeness (QED) is 0.233. The van der Waals surface area contributed by atoms with E-state index in [0.29, 0.717) is 30.6 Å². The number of carbonyl (C=O) groups excluding carboxylic acids is 1. The third kappa shape index (κ3) is 5.09. The Hall–Kier alpha value is -4.38. The summed E-state index contributed by atoms with van der Waals surface area (Å²) >= 11 is 0. The molecule has 1 heterocycles. The third-order valence-electron chi connectivity index (χ3n) is 5.70. The van der Waals surface area contributed by atoms with E-state index in [4.69, 9.17) is 14.2 Å². The van der Waals surface area contributed by atoms with Gasteiger partial charge in [-0.3, -0.25) is 0 Å². The van der Waals surface area contributed by atoms with Gasteiger partial charge in [0.1, 0.15) is 6.61 Å². The number of aryl methyl sites for hydroxylation is 1. The maximum Gasteiger partial charge on any atom is 0.363 e. The number of ether oxygens (including phenoxy) is 3. The lowest BCUT2D eigenvalue weighted by molar-refractivity contribution is -0.129. The molecule has 0 atom stereocenters. The minimum Gasteiger partial charge on any atom is -0.490 e. The zero-order valence-electron chi connectivity index (χ0n) is 19.7. The van der Waals surface area contributed by atoms with E-state index in [2.05, 4.69) is 24.0 Å². The molecule has 0 amide bonds. The minimum atomic E-state index is -0.481. The highest BCUT2D eigenvalue weighted by Crippen LogP contribution is 2.31. The monoisotopic (exact) mass is 463 g/mol. The molecule has 0 bridgehead atoms. The number of esters is 1. The van der Waals surface area contributed by atoms with E-state index in [0.717, 1.165) is 27.5 Å². The van der Waals surface area contributed by atoms with Crippen LogP contribution in [0.1, 0.15) is 29.2 Å². The molecule has 0 N–H and O–H groups in total. The molecular weight excluding hydrogens is 438 g/mol. The second-order valence-electron chi connectivity index (χ2n) is 8.31. The lowest BCUT2D eigenvalue weighted by atomic mass is 10.1. The summed E-state index contributed by atoms with van der Waals surface area (Å²) in [6.07, 6.45) is 1.70. The average Bonchev–Trinajstić information content (AvgIpc) is 3.24. The SMILES string of the molecule is CCOc1cc(/C=C2\N=C(c3ccc4ccccc4c3)OC2=O)ccc1OCc1ccc(C)cc1. The Labute approximate surface area is 204 Å². The molecule has 35 heavy (non-hydrogen) atoms. The Balaban J connectivity index is 1.38. The molecule has 5 nitrogen and oxygen atoms in total. The Morgan fingerprint density at radius 3 is 2.46 bits per heavy atom. The van der Waals surface area contributed by atoms with E-state index >= 15 is 0 Å². The van der Waals surface area contributed by atoms with Crippen LogP contribution in [0.15, 0.2) is 95.6 Å². The number of hydrogen-bond donors (Lipinski definition) is 0. The van der Waals surface area contributed by atoms with Gasteiger partial charge >= 0.3 is 5.97 Å². The first-order valence-electron chi connectivity index (χ1n) is 11.6. The highest BCUT2D eigenvalue weighted by Gasteiger charge is 2.24. The average molecular weight is 464 g/mol. The van der Waals surface area contributed by atoms with Crippen LogP contribution in [-0.2, 0) is 16.1 Å². The summed E-state index contributed by atoms with van der Waals surface area (Å²) in [7, 11) is 0. The van der Waals surface area contributed by atoms with Crippen molar-refractivity contribution in [1.82, 2.24) is 0 Å². The lowest BCUT2D eigenvalue weighted by Crippen LogP contribution is -2.05. The Morgan fingerprint density at radius 2 is 1.66 bits per heavy atom. The molecular formula is C30H25NO4. The molecule has 5 heteroatoms. The van der Waals surface area contributed by atoms with Gasteiger partial charge in [-0.1, -0.05) is 66.2 Å². The third-order valence-corrected chi connectivity index (χ3v) is 5.70. The molecule has 0 unspecified atom stereocenters. The van der Waals surface area contributed by atoms with Gasteiger partial charge in [0.25, 0.3) is 0 Å².